The van der Waals surface area contributed by atoms with Gasteiger partial charge < -0.3 is 14.6 Å². The number of hydrogen-bond donors (Lipinski definition) is 1. The van der Waals surface area contributed by atoms with Crippen LogP contribution in [-0.2, 0) is 6.54 Å². The number of nitrogens with zero attached hydrogens (tertiary/aromatic N) is 2. The van der Waals surface area contributed by atoms with E-state index in [1.165, 1.54) is 12.1 Å². The highest BCUT2D eigenvalue weighted by molar-refractivity contribution is 5.90. The minimum Gasteiger partial charge on any atom is -0.491 e. The Bertz CT molecular complexity index is 891. The molecule has 1 heterocycles. The zero-order chi connectivity index (χ0) is 18.5. The molecular formula is C19H18FN3O3. The minimum atomic E-state index is -0.501. The first-order chi connectivity index (χ1) is 12.5. The molecule has 26 heavy (non-hydrogen) atoms. The fraction of sp³-hybridized carbons (Fsp3) is 0.211. The molecule has 2 aromatic carbocycles. The van der Waals surface area contributed by atoms with Gasteiger partial charge in [-0.25, -0.2) is 4.39 Å². The second kappa shape index (κ2) is 7.77. The summed E-state index contributed by atoms with van der Waals surface area (Å²) in [5.41, 5.74) is 1.05. The van der Waals surface area contributed by atoms with Crippen LogP contribution in [0.5, 0.6) is 5.75 Å². The third kappa shape index (κ3) is 4.24. The second-order valence-electron chi connectivity index (χ2n) is 5.90. The Morgan fingerprint density at radius 1 is 1.19 bits per heavy atom. The minimum absolute atomic E-state index is 0.0385. The Morgan fingerprint density at radius 3 is 2.62 bits per heavy atom. The van der Waals surface area contributed by atoms with E-state index in [1.54, 1.807) is 12.1 Å². The summed E-state index contributed by atoms with van der Waals surface area (Å²) in [5, 5.41) is 6.30. The van der Waals surface area contributed by atoms with Gasteiger partial charge in [-0.3, -0.25) is 4.79 Å². The van der Waals surface area contributed by atoms with E-state index >= 15 is 0 Å². The van der Waals surface area contributed by atoms with Crippen LogP contribution in [0, 0.1) is 5.82 Å². The summed E-state index contributed by atoms with van der Waals surface area (Å²) in [7, 11) is 0. The average molecular weight is 355 g/mol. The van der Waals surface area contributed by atoms with E-state index in [2.05, 4.69) is 15.5 Å². The van der Waals surface area contributed by atoms with E-state index < -0.39 is 11.7 Å². The maximum Gasteiger partial charge on any atom is 0.292 e. The van der Waals surface area contributed by atoms with E-state index in [1.807, 2.05) is 38.1 Å². The number of halogens is 1. The van der Waals surface area contributed by atoms with Gasteiger partial charge in [-0.1, -0.05) is 29.4 Å². The second-order valence-corrected chi connectivity index (χ2v) is 5.90. The standard InChI is InChI=1S/C19H18FN3O3/c1-12(2)25-14-9-7-13(8-10-14)11-21-18(24)17-22-19(26-23-17)15-5-3-4-6-16(15)20/h3-10,12H,11H2,1-2H3,(H,21,24). The number of benzene rings is 2. The Kier molecular flexibility index (Phi) is 5.26. The number of nitrogens with one attached hydrogen (secondary N) is 1. The Balaban J connectivity index is 1.61. The van der Waals surface area contributed by atoms with Crippen LogP contribution < -0.4 is 10.1 Å². The zero-order valence-electron chi connectivity index (χ0n) is 14.4. The molecule has 1 amide bonds. The van der Waals surface area contributed by atoms with Gasteiger partial charge in [-0.2, -0.15) is 4.98 Å². The first-order valence-corrected chi connectivity index (χ1v) is 8.15. The van der Waals surface area contributed by atoms with E-state index in [0.717, 1.165) is 11.3 Å². The number of carbonyl (C=O) groups excluding carboxylic acids is 1. The van der Waals surface area contributed by atoms with E-state index in [9.17, 15) is 9.18 Å². The predicted octanol–water partition coefficient (Wildman–Crippen LogP) is 3.59. The summed E-state index contributed by atoms with van der Waals surface area (Å²) in [6.45, 7) is 4.20. The van der Waals surface area contributed by atoms with Crippen LogP contribution >= 0.6 is 0 Å². The van der Waals surface area contributed by atoms with Crippen molar-refractivity contribution in [2.75, 3.05) is 0 Å². The zero-order valence-corrected chi connectivity index (χ0v) is 14.4. The molecule has 0 aliphatic carbocycles. The van der Waals surface area contributed by atoms with Gasteiger partial charge >= 0.3 is 0 Å². The van der Waals surface area contributed by atoms with Crippen LogP contribution in [0.4, 0.5) is 4.39 Å². The number of hydrogen-bond acceptors (Lipinski definition) is 5. The summed E-state index contributed by atoms with van der Waals surface area (Å²) < 4.78 is 24.3. The molecule has 6 nitrogen and oxygen atoms in total. The first-order valence-electron chi connectivity index (χ1n) is 8.15. The molecule has 0 unspecified atom stereocenters. The van der Waals surface area contributed by atoms with Crippen molar-refractivity contribution in [1.29, 1.82) is 0 Å². The largest absolute Gasteiger partial charge is 0.491 e. The summed E-state index contributed by atoms with van der Waals surface area (Å²) in [6.07, 6.45) is 0.0995. The third-order valence-electron chi connectivity index (χ3n) is 3.48. The van der Waals surface area contributed by atoms with Gasteiger partial charge in [0, 0.05) is 6.54 Å². The number of ether oxygens (including phenoxy) is 1. The van der Waals surface area contributed by atoms with Crippen LogP contribution in [0.2, 0.25) is 0 Å². The molecule has 0 radical (unpaired) electrons. The molecule has 0 aliphatic rings. The summed E-state index contributed by atoms with van der Waals surface area (Å²) in [5.74, 6) is -0.417. The summed E-state index contributed by atoms with van der Waals surface area (Å²) in [6, 6.07) is 13.4. The van der Waals surface area contributed by atoms with Crippen molar-refractivity contribution >= 4 is 5.91 Å². The molecule has 0 bridgehead atoms. The van der Waals surface area contributed by atoms with Gasteiger partial charge in [0.15, 0.2) is 0 Å². The Hall–Kier alpha value is -3.22. The number of rotatable bonds is 6. The fourth-order valence-corrected chi connectivity index (χ4v) is 2.28. The Labute approximate surface area is 150 Å². The lowest BCUT2D eigenvalue weighted by atomic mass is 10.2. The van der Waals surface area contributed by atoms with Crippen LogP contribution in [-0.4, -0.2) is 22.2 Å². The molecule has 134 valence electrons. The maximum atomic E-state index is 13.7. The van der Waals surface area contributed by atoms with E-state index in [0.29, 0.717) is 6.54 Å². The molecule has 0 aliphatic heterocycles. The fourth-order valence-electron chi connectivity index (χ4n) is 2.28. The summed E-state index contributed by atoms with van der Waals surface area (Å²) >= 11 is 0. The third-order valence-corrected chi connectivity index (χ3v) is 3.48. The quantitative estimate of drug-likeness (QED) is 0.731. The van der Waals surface area contributed by atoms with Crippen LogP contribution in [0.25, 0.3) is 11.5 Å². The van der Waals surface area contributed by atoms with Gasteiger partial charge in [0.05, 0.1) is 11.7 Å². The van der Waals surface area contributed by atoms with Crippen molar-refractivity contribution in [1.82, 2.24) is 15.5 Å². The molecule has 0 saturated heterocycles. The normalized spacial score (nSPS) is 10.8. The van der Waals surface area contributed by atoms with Gasteiger partial charge in [0.25, 0.3) is 17.6 Å². The van der Waals surface area contributed by atoms with Crippen LogP contribution in [0.15, 0.2) is 53.1 Å². The van der Waals surface area contributed by atoms with Crippen molar-refractivity contribution in [3.05, 3.63) is 65.7 Å². The molecule has 0 fully saturated rings. The lowest BCUT2D eigenvalue weighted by Crippen LogP contribution is -2.23. The molecule has 1 aromatic heterocycles. The van der Waals surface area contributed by atoms with Crippen molar-refractivity contribution in [3.8, 4) is 17.2 Å². The highest BCUT2D eigenvalue weighted by Crippen LogP contribution is 2.20. The molecule has 3 aromatic rings. The van der Waals surface area contributed by atoms with Crippen molar-refractivity contribution in [3.63, 3.8) is 0 Å². The molecular weight excluding hydrogens is 337 g/mol. The number of amides is 1. The topological polar surface area (TPSA) is 77.2 Å². The van der Waals surface area contributed by atoms with Gasteiger partial charge in [-0.05, 0) is 43.7 Å². The first kappa shape index (κ1) is 17.6. The SMILES string of the molecule is CC(C)Oc1ccc(CNC(=O)c2noc(-c3ccccc3F)n2)cc1. The molecule has 0 spiro atoms. The van der Waals surface area contributed by atoms with Gasteiger partial charge in [0.2, 0.25) is 0 Å². The lowest BCUT2D eigenvalue weighted by Gasteiger charge is -2.10. The number of carbonyl (C=O) groups is 1. The number of aromatic nitrogens is 2. The highest BCUT2D eigenvalue weighted by atomic mass is 19.1. The van der Waals surface area contributed by atoms with E-state index in [4.69, 9.17) is 9.26 Å². The monoisotopic (exact) mass is 355 g/mol. The predicted molar refractivity (Wildman–Crippen MR) is 93.1 cm³/mol. The average Bonchev–Trinajstić information content (AvgIpc) is 3.11. The molecule has 1 N–H and O–H groups in total. The van der Waals surface area contributed by atoms with Crippen molar-refractivity contribution < 1.29 is 18.4 Å². The Morgan fingerprint density at radius 2 is 1.92 bits per heavy atom. The van der Waals surface area contributed by atoms with Crippen molar-refractivity contribution in [2.45, 2.75) is 26.5 Å². The van der Waals surface area contributed by atoms with Gasteiger partial charge in [0.1, 0.15) is 11.6 Å². The van der Waals surface area contributed by atoms with Gasteiger partial charge in [-0.15, -0.1) is 0 Å². The smallest absolute Gasteiger partial charge is 0.292 e. The van der Waals surface area contributed by atoms with Crippen LogP contribution in [0.3, 0.4) is 0 Å². The van der Waals surface area contributed by atoms with Crippen molar-refractivity contribution in [2.24, 2.45) is 0 Å². The molecule has 7 heteroatoms. The summed E-state index contributed by atoms with van der Waals surface area (Å²) in [4.78, 5) is 16.1. The molecule has 0 atom stereocenters. The van der Waals surface area contributed by atoms with Crippen LogP contribution in [0.1, 0.15) is 30.0 Å². The van der Waals surface area contributed by atoms with E-state index in [-0.39, 0.29) is 23.4 Å². The maximum absolute atomic E-state index is 13.7. The molecule has 3 rings (SSSR count). The lowest BCUT2D eigenvalue weighted by molar-refractivity contribution is 0.0937. The highest BCUT2D eigenvalue weighted by Gasteiger charge is 2.17. The molecule has 0 saturated carbocycles.